The lowest BCUT2D eigenvalue weighted by molar-refractivity contribution is -0.143. The number of carboxylic acids is 1. The Morgan fingerprint density at radius 1 is 1.38 bits per heavy atom. The maximum atomic E-state index is 11.0. The molecule has 1 N–H and O–H groups in total. The number of rotatable bonds is 3. The third-order valence-corrected chi connectivity index (χ3v) is 4.83. The van der Waals surface area contributed by atoms with Gasteiger partial charge in [0.2, 0.25) is 0 Å². The van der Waals surface area contributed by atoms with Crippen molar-refractivity contribution in [3.8, 4) is 0 Å². The number of piperidine rings is 1. The minimum Gasteiger partial charge on any atom is -0.481 e. The van der Waals surface area contributed by atoms with Crippen LogP contribution in [0.2, 0.25) is 0 Å². The first-order valence-electron chi connectivity index (χ1n) is 7.20. The van der Waals surface area contributed by atoms with E-state index >= 15 is 0 Å². The monoisotopic (exact) mass is 351 g/mol. The molecule has 1 aliphatic rings. The normalized spacial score (nSPS) is 19.0. The van der Waals surface area contributed by atoms with E-state index in [4.69, 9.17) is 9.52 Å². The minimum atomic E-state index is -0.670. The molecule has 1 atom stereocenters. The van der Waals surface area contributed by atoms with Gasteiger partial charge >= 0.3 is 5.97 Å². The number of nitrogens with zero attached hydrogens (tertiary/aromatic N) is 1. The molecule has 4 nitrogen and oxygen atoms in total. The number of hydrogen-bond acceptors (Lipinski definition) is 3. The summed E-state index contributed by atoms with van der Waals surface area (Å²) in [6, 6.07) is 8.23. The lowest BCUT2D eigenvalue weighted by atomic mass is 9.96. The van der Waals surface area contributed by atoms with E-state index in [0.29, 0.717) is 12.8 Å². The highest BCUT2D eigenvalue weighted by atomic mass is 79.9. The van der Waals surface area contributed by atoms with Crippen molar-refractivity contribution < 1.29 is 14.3 Å². The van der Waals surface area contributed by atoms with Gasteiger partial charge in [-0.2, -0.15) is 0 Å². The van der Waals surface area contributed by atoms with Crippen LogP contribution in [-0.2, 0) is 4.79 Å². The summed E-state index contributed by atoms with van der Waals surface area (Å²) in [4.78, 5) is 13.3. The Morgan fingerprint density at radius 3 is 2.76 bits per heavy atom. The number of carboxylic acid groups (broad SMARTS) is 1. The number of aliphatic carboxylic acids is 1. The van der Waals surface area contributed by atoms with Crippen LogP contribution in [0.25, 0.3) is 11.0 Å². The Bertz CT molecular complexity index is 659. The van der Waals surface area contributed by atoms with Gasteiger partial charge in [-0.1, -0.05) is 15.9 Å². The van der Waals surface area contributed by atoms with Crippen molar-refractivity contribution in [2.45, 2.75) is 25.8 Å². The van der Waals surface area contributed by atoms with Crippen molar-refractivity contribution in [3.63, 3.8) is 0 Å². The molecule has 1 saturated heterocycles. The van der Waals surface area contributed by atoms with Crippen LogP contribution >= 0.6 is 15.9 Å². The second-order valence-corrected chi connectivity index (χ2v) is 6.57. The van der Waals surface area contributed by atoms with Crippen molar-refractivity contribution in [1.29, 1.82) is 0 Å². The van der Waals surface area contributed by atoms with Gasteiger partial charge in [0, 0.05) is 9.86 Å². The standard InChI is InChI=1S/C16H18BrNO3/c1-10(18-6-4-11(5-7-18)16(19)20)15-9-12-8-13(17)2-3-14(12)21-15/h2-3,8-11H,4-7H2,1H3,(H,19,20). The maximum Gasteiger partial charge on any atom is 0.306 e. The van der Waals surface area contributed by atoms with Crippen LogP contribution < -0.4 is 0 Å². The molecule has 21 heavy (non-hydrogen) atoms. The lowest BCUT2D eigenvalue weighted by Crippen LogP contribution is -2.37. The molecule has 0 bridgehead atoms. The molecule has 1 fully saturated rings. The molecule has 0 amide bonds. The third kappa shape index (κ3) is 2.99. The van der Waals surface area contributed by atoms with Gasteiger partial charge in [-0.25, -0.2) is 0 Å². The average Bonchev–Trinajstić information content (AvgIpc) is 2.89. The van der Waals surface area contributed by atoms with E-state index in [-0.39, 0.29) is 12.0 Å². The van der Waals surface area contributed by atoms with E-state index in [2.05, 4.69) is 33.8 Å². The summed E-state index contributed by atoms with van der Waals surface area (Å²) in [5.74, 6) is 0.0767. The molecule has 1 aromatic carbocycles. The van der Waals surface area contributed by atoms with E-state index in [1.54, 1.807) is 0 Å². The number of likely N-dealkylation sites (tertiary alicyclic amines) is 1. The first kappa shape index (κ1) is 14.6. The zero-order valence-electron chi connectivity index (χ0n) is 11.9. The molecule has 2 heterocycles. The molecule has 3 rings (SSSR count). The molecule has 2 aromatic rings. The molecule has 1 aliphatic heterocycles. The minimum absolute atomic E-state index is 0.172. The molecule has 0 spiro atoms. The number of furan rings is 1. The van der Waals surface area contributed by atoms with Crippen LogP contribution in [0, 0.1) is 5.92 Å². The Morgan fingerprint density at radius 2 is 2.10 bits per heavy atom. The topological polar surface area (TPSA) is 53.7 Å². The molecule has 112 valence electrons. The highest BCUT2D eigenvalue weighted by molar-refractivity contribution is 9.10. The third-order valence-electron chi connectivity index (χ3n) is 4.34. The highest BCUT2D eigenvalue weighted by Crippen LogP contribution is 2.31. The molecule has 5 heteroatoms. The predicted molar refractivity (Wildman–Crippen MR) is 84.3 cm³/mol. The van der Waals surface area contributed by atoms with E-state index in [9.17, 15) is 4.79 Å². The van der Waals surface area contributed by atoms with Gasteiger partial charge in [-0.3, -0.25) is 9.69 Å². The Balaban J connectivity index is 1.75. The quantitative estimate of drug-likeness (QED) is 0.905. The molecule has 0 radical (unpaired) electrons. The molecular weight excluding hydrogens is 334 g/mol. The number of benzene rings is 1. The summed E-state index contributed by atoms with van der Waals surface area (Å²) in [6.07, 6.45) is 1.43. The van der Waals surface area contributed by atoms with E-state index in [0.717, 1.165) is 34.3 Å². The van der Waals surface area contributed by atoms with E-state index in [1.165, 1.54) is 0 Å². The molecule has 0 saturated carbocycles. The van der Waals surface area contributed by atoms with E-state index in [1.807, 2.05) is 18.2 Å². The second-order valence-electron chi connectivity index (χ2n) is 5.66. The van der Waals surface area contributed by atoms with E-state index < -0.39 is 5.97 Å². The Kier molecular flexibility index (Phi) is 4.04. The van der Waals surface area contributed by atoms with Gasteiger partial charge in [0.25, 0.3) is 0 Å². The van der Waals surface area contributed by atoms with Gasteiger partial charge < -0.3 is 9.52 Å². The Labute approximate surface area is 131 Å². The van der Waals surface area contributed by atoms with Crippen molar-refractivity contribution in [1.82, 2.24) is 4.90 Å². The largest absolute Gasteiger partial charge is 0.481 e. The fourth-order valence-electron chi connectivity index (χ4n) is 2.95. The summed E-state index contributed by atoms with van der Waals surface area (Å²) >= 11 is 3.47. The first-order chi connectivity index (χ1) is 10.0. The summed E-state index contributed by atoms with van der Waals surface area (Å²) in [5.41, 5.74) is 0.889. The SMILES string of the molecule is CC(c1cc2cc(Br)ccc2o1)N1CCC(C(=O)O)CC1. The maximum absolute atomic E-state index is 11.0. The van der Waals surface area contributed by atoms with Gasteiger partial charge in [0.05, 0.1) is 12.0 Å². The van der Waals surface area contributed by atoms with Crippen LogP contribution in [-0.4, -0.2) is 29.1 Å². The number of halogens is 1. The number of hydrogen-bond donors (Lipinski definition) is 1. The van der Waals surface area contributed by atoms with Gasteiger partial charge in [-0.15, -0.1) is 0 Å². The zero-order valence-corrected chi connectivity index (χ0v) is 13.5. The summed E-state index contributed by atoms with van der Waals surface area (Å²) in [6.45, 7) is 3.73. The first-order valence-corrected chi connectivity index (χ1v) is 8.00. The van der Waals surface area contributed by atoms with Gasteiger partial charge in [-0.05, 0) is 57.1 Å². The van der Waals surface area contributed by atoms with Crippen LogP contribution in [0.3, 0.4) is 0 Å². The number of carbonyl (C=O) groups is 1. The van der Waals surface area contributed by atoms with Crippen molar-refractivity contribution in [2.75, 3.05) is 13.1 Å². The smallest absolute Gasteiger partial charge is 0.306 e. The summed E-state index contributed by atoms with van der Waals surface area (Å²) < 4.78 is 6.97. The predicted octanol–water partition coefficient (Wildman–Crippen LogP) is 4.05. The molecular formula is C16H18BrNO3. The highest BCUT2D eigenvalue weighted by Gasteiger charge is 2.28. The second kappa shape index (κ2) is 5.81. The van der Waals surface area contributed by atoms with Crippen LogP contribution in [0.15, 0.2) is 33.2 Å². The summed E-state index contributed by atoms with van der Waals surface area (Å²) in [5, 5.41) is 10.1. The van der Waals surface area contributed by atoms with Crippen LogP contribution in [0.1, 0.15) is 31.6 Å². The van der Waals surface area contributed by atoms with Crippen molar-refractivity contribution in [2.24, 2.45) is 5.92 Å². The molecule has 1 aromatic heterocycles. The number of fused-ring (bicyclic) bond motifs is 1. The average molecular weight is 352 g/mol. The van der Waals surface area contributed by atoms with Crippen LogP contribution in [0.4, 0.5) is 0 Å². The molecule has 1 unspecified atom stereocenters. The molecule has 0 aliphatic carbocycles. The lowest BCUT2D eigenvalue weighted by Gasteiger charge is -2.33. The van der Waals surface area contributed by atoms with Gasteiger partial charge in [0.15, 0.2) is 0 Å². The van der Waals surface area contributed by atoms with Crippen LogP contribution in [0.5, 0.6) is 0 Å². The van der Waals surface area contributed by atoms with Gasteiger partial charge in [0.1, 0.15) is 11.3 Å². The van der Waals surface area contributed by atoms with Crippen molar-refractivity contribution in [3.05, 3.63) is 34.5 Å². The Hall–Kier alpha value is -1.33. The van der Waals surface area contributed by atoms with Crippen molar-refractivity contribution >= 4 is 32.9 Å². The fraction of sp³-hybridized carbons (Fsp3) is 0.438. The fourth-order valence-corrected chi connectivity index (χ4v) is 3.33. The zero-order chi connectivity index (χ0) is 15.0. The summed E-state index contributed by atoms with van der Waals surface area (Å²) in [7, 11) is 0.